The van der Waals surface area contributed by atoms with Crippen LogP contribution in [0.2, 0.25) is 0 Å². The minimum Gasteiger partial charge on any atom is -0.368 e. The van der Waals surface area contributed by atoms with Crippen LogP contribution in [0.1, 0.15) is 38.2 Å². The van der Waals surface area contributed by atoms with Gasteiger partial charge in [-0.1, -0.05) is 12.1 Å². The Morgan fingerprint density at radius 3 is 2.84 bits per heavy atom. The van der Waals surface area contributed by atoms with E-state index in [2.05, 4.69) is 27.9 Å². The quantitative estimate of drug-likeness (QED) is 0.348. The highest BCUT2D eigenvalue weighted by atomic mass is 127. The number of rotatable bonds is 6. The van der Waals surface area contributed by atoms with E-state index >= 15 is 0 Å². The maximum absolute atomic E-state index is 12.1. The largest absolute Gasteiger partial charge is 0.368 e. The van der Waals surface area contributed by atoms with Gasteiger partial charge >= 0.3 is 0 Å². The van der Waals surface area contributed by atoms with Crippen molar-refractivity contribution in [3.05, 3.63) is 29.8 Å². The number of anilines is 1. The predicted molar refractivity (Wildman–Crippen MR) is 110 cm³/mol. The summed E-state index contributed by atoms with van der Waals surface area (Å²) < 4.78 is 5.42. The Kier molecular flexibility index (Phi) is 7.95. The number of ether oxygens (including phenoxy) is 1. The van der Waals surface area contributed by atoms with Crippen molar-refractivity contribution in [1.29, 1.82) is 0 Å². The zero-order valence-corrected chi connectivity index (χ0v) is 16.9. The predicted octanol–water partition coefficient (Wildman–Crippen LogP) is 2.64. The second-order valence-electron chi connectivity index (χ2n) is 6.31. The molecule has 1 aromatic rings. The lowest BCUT2D eigenvalue weighted by atomic mass is 10.2. The van der Waals surface area contributed by atoms with Crippen molar-refractivity contribution in [2.45, 2.75) is 51.3 Å². The van der Waals surface area contributed by atoms with Gasteiger partial charge in [0, 0.05) is 24.9 Å². The molecule has 1 aliphatic heterocycles. The van der Waals surface area contributed by atoms with Gasteiger partial charge in [-0.25, -0.2) is 4.99 Å². The maximum Gasteiger partial charge on any atom is 0.253 e. The third kappa shape index (κ3) is 6.47. The summed E-state index contributed by atoms with van der Waals surface area (Å²) in [4.78, 5) is 16.7. The first-order valence-corrected chi connectivity index (χ1v) is 8.81. The Morgan fingerprint density at radius 1 is 1.32 bits per heavy atom. The van der Waals surface area contributed by atoms with Gasteiger partial charge in [0.15, 0.2) is 5.96 Å². The van der Waals surface area contributed by atoms with Crippen LogP contribution in [0.15, 0.2) is 29.3 Å². The van der Waals surface area contributed by atoms with Gasteiger partial charge in [-0.2, -0.15) is 0 Å². The molecule has 0 aromatic heterocycles. The van der Waals surface area contributed by atoms with Crippen LogP contribution in [0, 0.1) is 0 Å². The van der Waals surface area contributed by atoms with Gasteiger partial charge in [-0.05, 0) is 50.3 Å². The minimum absolute atomic E-state index is 0. The summed E-state index contributed by atoms with van der Waals surface area (Å²) in [7, 11) is 0. The van der Waals surface area contributed by atoms with Gasteiger partial charge in [-0.15, -0.1) is 24.0 Å². The molecule has 2 aliphatic rings. The van der Waals surface area contributed by atoms with Crippen molar-refractivity contribution >= 4 is 41.5 Å². The Hall–Kier alpha value is -1.35. The van der Waals surface area contributed by atoms with E-state index in [1.807, 2.05) is 24.3 Å². The standard InChI is InChI=1S/C18H26N4O2.HI/c1-2-19-18(22-14-8-9-14)20-12-13-5-3-6-15(11-13)21-17(23)16-7-4-10-24-16;/h3,5-6,11,14,16H,2,4,7-10,12H2,1H3,(H,21,23)(H2,19,20,22);1H. The van der Waals surface area contributed by atoms with Crippen LogP contribution in [0.5, 0.6) is 0 Å². The van der Waals surface area contributed by atoms with Crippen LogP contribution in [-0.4, -0.2) is 37.2 Å². The highest BCUT2D eigenvalue weighted by Gasteiger charge is 2.23. The fourth-order valence-electron chi connectivity index (χ4n) is 2.67. The monoisotopic (exact) mass is 458 g/mol. The van der Waals surface area contributed by atoms with E-state index in [9.17, 15) is 4.79 Å². The number of amides is 1. The summed E-state index contributed by atoms with van der Waals surface area (Å²) in [6.07, 6.45) is 3.88. The summed E-state index contributed by atoms with van der Waals surface area (Å²) in [6, 6.07) is 8.40. The number of benzene rings is 1. The molecule has 138 valence electrons. The number of nitrogens with zero attached hydrogens (tertiary/aromatic N) is 1. The second-order valence-corrected chi connectivity index (χ2v) is 6.31. The van der Waals surface area contributed by atoms with Gasteiger partial charge in [0.05, 0.1) is 6.54 Å². The van der Waals surface area contributed by atoms with Crippen molar-refractivity contribution in [1.82, 2.24) is 10.6 Å². The van der Waals surface area contributed by atoms with Crippen molar-refractivity contribution in [2.24, 2.45) is 4.99 Å². The summed E-state index contributed by atoms with van der Waals surface area (Å²) in [5, 5.41) is 9.59. The van der Waals surface area contributed by atoms with E-state index in [1.54, 1.807) is 0 Å². The maximum atomic E-state index is 12.1. The van der Waals surface area contributed by atoms with Crippen LogP contribution in [0.25, 0.3) is 0 Å². The highest BCUT2D eigenvalue weighted by molar-refractivity contribution is 14.0. The number of halogens is 1. The topological polar surface area (TPSA) is 74.8 Å². The molecular formula is C18H27IN4O2. The van der Waals surface area contributed by atoms with Crippen molar-refractivity contribution in [3.63, 3.8) is 0 Å². The molecule has 3 N–H and O–H groups in total. The smallest absolute Gasteiger partial charge is 0.253 e. The molecule has 1 aliphatic carbocycles. The first-order valence-electron chi connectivity index (χ1n) is 8.81. The zero-order valence-electron chi connectivity index (χ0n) is 14.6. The number of hydrogen-bond acceptors (Lipinski definition) is 3. The number of hydrogen-bond donors (Lipinski definition) is 3. The first-order chi connectivity index (χ1) is 11.7. The molecule has 1 atom stereocenters. The number of nitrogens with one attached hydrogen (secondary N) is 3. The molecule has 25 heavy (non-hydrogen) atoms. The van der Waals surface area contributed by atoms with Crippen molar-refractivity contribution in [3.8, 4) is 0 Å². The van der Waals surface area contributed by atoms with Crippen LogP contribution in [0.3, 0.4) is 0 Å². The lowest BCUT2D eigenvalue weighted by Gasteiger charge is -2.12. The number of carbonyl (C=O) groups excluding carboxylic acids is 1. The fourth-order valence-corrected chi connectivity index (χ4v) is 2.67. The fraction of sp³-hybridized carbons (Fsp3) is 0.556. The van der Waals surface area contributed by atoms with Crippen LogP contribution in [0.4, 0.5) is 5.69 Å². The molecule has 0 spiro atoms. The van der Waals surface area contributed by atoms with Gasteiger partial charge < -0.3 is 20.7 Å². The average Bonchev–Trinajstić information content (AvgIpc) is 3.22. The van der Waals surface area contributed by atoms with Crippen molar-refractivity contribution in [2.75, 3.05) is 18.5 Å². The molecule has 6 nitrogen and oxygen atoms in total. The Labute approximate surface area is 166 Å². The van der Waals surface area contributed by atoms with Crippen LogP contribution >= 0.6 is 24.0 Å². The summed E-state index contributed by atoms with van der Waals surface area (Å²) in [5.41, 5.74) is 1.86. The van der Waals surface area contributed by atoms with Gasteiger partial charge in [0.2, 0.25) is 0 Å². The SMILES string of the molecule is CCNC(=NCc1cccc(NC(=O)C2CCCO2)c1)NC1CC1.I. The van der Waals surface area contributed by atoms with E-state index in [1.165, 1.54) is 12.8 Å². The van der Waals surface area contributed by atoms with E-state index < -0.39 is 0 Å². The van der Waals surface area contributed by atoms with Crippen LogP contribution in [-0.2, 0) is 16.1 Å². The molecule has 7 heteroatoms. The van der Waals surface area contributed by atoms with Crippen molar-refractivity contribution < 1.29 is 9.53 Å². The molecular weight excluding hydrogens is 431 g/mol. The minimum atomic E-state index is -0.310. The van der Waals surface area contributed by atoms with E-state index in [4.69, 9.17) is 4.74 Å². The molecule has 2 fully saturated rings. The molecule has 1 saturated heterocycles. The summed E-state index contributed by atoms with van der Waals surface area (Å²) in [6.45, 7) is 4.15. The number of guanidine groups is 1. The summed E-state index contributed by atoms with van der Waals surface area (Å²) in [5.74, 6) is 0.797. The van der Waals surface area contributed by atoms with E-state index in [0.717, 1.165) is 36.6 Å². The second kappa shape index (κ2) is 9.96. The number of aliphatic imine (C=N–C) groups is 1. The normalized spacial score (nSPS) is 19.9. The molecule has 3 rings (SSSR count). The molecule has 0 bridgehead atoms. The van der Waals surface area contributed by atoms with E-state index in [-0.39, 0.29) is 36.0 Å². The third-order valence-electron chi connectivity index (χ3n) is 4.10. The van der Waals surface area contributed by atoms with Gasteiger partial charge in [0.1, 0.15) is 6.10 Å². The van der Waals surface area contributed by atoms with Gasteiger partial charge in [-0.3, -0.25) is 4.79 Å². The Bertz CT molecular complexity index is 598. The Morgan fingerprint density at radius 2 is 2.16 bits per heavy atom. The molecule has 1 amide bonds. The highest BCUT2D eigenvalue weighted by Crippen LogP contribution is 2.19. The zero-order chi connectivity index (χ0) is 16.8. The third-order valence-corrected chi connectivity index (χ3v) is 4.10. The molecule has 1 unspecified atom stereocenters. The Balaban J connectivity index is 0.00000225. The molecule has 0 radical (unpaired) electrons. The molecule has 1 heterocycles. The average molecular weight is 458 g/mol. The molecule has 1 aromatic carbocycles. The summed E-state index contributed by atoms with van der Waals surface area (Å²) >= 11 is 0. The first kappa shape index (κ1) is 20.0. The van der Waals surface area contributed by atoms with Crippen LogP contribution < -0.4 is 16.0 Å². The molecule has 1 saturated carbocycles. The van der Waals surface area contributed by atoms with Gasteiger partial charge in [0.25, 0.3) is 5.91 Å². The lowest BCUT2D eigenvalue weighted by Crippen LogP contribution is -2.38. The number of carbonyl (C=O) groups is 1. The van der Waals surface area contributed by atoms with E-state index in [0.29, 0.717) is 19.2 Å². The lowest BCUT2D eigenvalue weighted by molar-refractivity contribution is -0.124.